The second kappa shape index (κ2) is 9.01. The van der Waals surface area contributed by atoms with E-state index in [9.17, 15) is 14.9 Å². The fourth-order valence-corrected chi connectivity index (χ4v) is 2.95. The number of carbonyl (C=O) groups excluding carboxylic acids is 1. The summed E-state index contributed by atoms with van der Waals surface area (Å²) in [6.45, 7) is 3.49. The first kappa shape index (κ1) is 19.4. The molecule has 2 atom stereocenters. The Labute approximate surface area is 157 Å². The predicted octanol–water partition coefficient (Wildman–Crippen LogP) is 2.67. The van der Waals surface area contributed by atoms with Crippen LogP contribution in [0, 0.1) is 10.1 Å². The van der Waals surface area contributed by atoms with E-state index in [-0.39, 0.29) is 17.5 Å². The number of benzene rings is 1. The van der Waals surface area contributed by atoms with E-state index in [0.717, 1.165) is 19.3 Å². The Morgan fingerprint density at radius 1 is 1.26 bits per heavy atom. The van der Waals surface area contributed by atoms with E-state index in [2.05, 4.69) is 5.32 Å². The number of hydrogen-bond donors (Lipinski definition) is 1. The van der Waals surface area contributed by atoms with Crippen molar-refractivity contribution in [2.24, 2.45) is 0 Å². The molecule has 1 amide bonds. The van der Waals surface area contributed by atoms with Gasteiger partial charge in [0.1, 0.15) is 11.8 Å². The second-order valence-electron chi connectivity index (χ2n) is 6.58. The van der Waals surface area contributed by atoms with Crippen LogP contribution in [0.4, 0.5) is 11.4 Å². The van der Waals surface area contributed by atoms with Gasteiger partial charge in [-0.2, -0.15) is 0 Å². The lowest BCUT2D eigenvalue weighted by Crippen LogP contribution is -2.32. The van der Waals surface area contributed by atoms with Gasteiger partial charge in [0, 0.05) is 19.1 Å². The molecule has 1 aromatic rings. The van der Waals surface area contributed by atoms with Crippen LogP contribution >= 0.6 is 0 Å². The van der Waals surface area contributed by atoms with Gasteiger partial charge in [0.2, 0.25) is 0 Å². The lowest BCUT2D eigenvalue weighted by atomic mass is 10.1. The molecule has 27 heavy (non-hydrogen) atoms. The van der Waals surface area contributed by atoms with Crippen LogP contribution in [0.15, 0.2) is 12.1 Å². The van der Waals surface area contributed by atoms with Crippen LogP contribution in [-0.4, -0.2) is 49.5 Å². The third kappa shape index (κ3) is 5.08. The Hall–Kier alpha value is -2.39. The fraction of sp³-hybridized carbons (Fsp3) is 0.611. The average Bonchev–Trinajstić information content (AvgIpc) is 2.91. The number of anilines is 1. The molecule has 2 aliphatic heterocycles. The van der Waals surface area contributed by atoms with E-state index in [1.165, 1.54) is 12.1 Å². The van der Waals surface area contributed by atoms with Crippen molar-refractivity contribution in [1.29, 1.82) is 0 Å². The number of amides is 1. The number of fused-ring (bicyclic) bond motifs is 1. The molecule has 0 aliphatic carbocycles. The maximum atomic E-state index is 12.4. The molecule has 9 nitrogen and oxygen atoms in total. The Morgan fingerprint density at radius 3 is 2.67 bits per heavy atom. The van der Waals surface area contributed by atoms with Gasteiger partial charge >= 0.3 is 0 Å². The van der Waals surface area contributed by atoms with Gasteiger partial charge in [0.05, 0.1) is 36.9 Å². The van der Waals surface area contributed by atoms with E-state index in [1.54, 1.807) is 6.92 Å². The molecule has 0 aromatic heterocycles. The number of carbonyl (C=O) groups is 1. The Morgan fingerprint density at radius 2 is 2.00 bits per heavy atom. The zero-order valence-corrected chi connectivity index (χ0v) is 15.3. The fourth-order valence-electron chi connectivity index (χ4n) is 2.95. The first-order chi connectivity index (χ1) is 13.0. The van der Waals surface area contributed by atoms with Gasteiger partial charge in [0.15, 0.2) is 11.5 Å². The predicted molar refractivity (Wildman–Crippen MR) is 96.3 cm³/mol. The summed E-state index contributed by atoms with van der Waals surface area (Å²) in [7, 11) is 0. The zero-order valence-electron chi connectivity index (χ0n) is 15.3. The Bertz CT molecular complexity index is 689. The number of nitrogens with one attached hydrogen (secondary N) is 1. The van der Waals surface area contributed by atoms with Crippen molar-refractivity contribution in [3.63, 3.8) is 0 Å². The molecule has 3 rings (SSSR count). The minimum Gasteiger partial charge on any atom is -0.489 e. The highest BCUT2D eigenvalue weighted by Crippen LogP contribution is 2.39. The summed E-state index contributed by atoms with van der Waals surface area (Å²) in [5, 5.41) is 14.0. The molecule has 1 aromatic carbocycles. The van der Waals surface area contributed by atoms with Crippen molar-refractivity contribution >= 4 is 17.3 Å². The van der Waals surface area contributed by atoms with Crippen molar-refractivity contribution in [3.8, 4) is 11.5 Å². The molecule has 1 N–H and O–H groups in total. The topological polar surface area (TPSA) is 109 Å². The first-order valence-corrected chi connectivity index (χ1v) is 9.16. The number of nitro benzene ring substituents is 1. The van der Waals surface area contributed by atoms with E-state index in [0.29, 0.717) is 44.3 Å². The van der Waals surface area contributed by atoms with Gasteiger partial charge in [-0.05, 0) is 26.2 Å². The molecule has 1 fully saturated rings. The molecular weight excluding hydrogens is 356 g/mol. The van der Waals surface area contributed by atoms with Crippen LogP contribution in [0.25, 0.3) is 0 Å². The van der Waals surface area contributed by atoms with Crippen LogP contribution in [0.2, 0.25) is 0 Å². The van der Waals surface area contributed by atoms with Crippen LogP contribution in [0.1, 0.15) is 32.6 Å². The summed E-state index contributed by atoms with van der Waals surface area (Å²) in [6, 6.07) is 2.70. The van der Waals surface area contributed by atoms with Crippen molar-refractivity contribution in [2.45, 2.75) is 44.8 Å². The SMILES string of the molecule is CC(OCC1CCCCO1)C(=O)Nc1cc2c(cc1[N+](=O)[O-])OCCCO2. The number of ether oxygens (including phenoxy) is 4. The summed E-state index contributed by atoms with van der Waals surface area (Å²) >= 11 is 0. The van der Waals surface area contributed by atoms with Gasteiger partial charge in [-0.1, -0.05) is 0 Å². The molecular formula is C18H24N2O7. The third-order valence-corrected chi connectivity index (χ3v) is 4.50. The first-order valence-electron chi connectivity index (χ1n) is 9.16. The Balaban J connectivity index is 1.66. The van der Waals surface area contributed by atoms with Crippen molar-refractivity contribution in [3.05, 3.63) is 22.2 Å². The highest BCUT2D eigenvalue weighted by molar-refractivity contribution is 5.96. The molecule has 0 bridgehead atoms. The van der Waals surface area contributed by atoms with Gasteiger partial charge in [-0.15, -0.1) is 0 Å². The summed E-state index contributed by atoms with van der Waals surface area (Å²) in [4.78, 5) is 23.2. The lowest BCUT2D eigenvalue weighted by molar-refractivity contribution is -0.384. The summed E-state index contributed by atoms with van der Waals surface area (Å²) in [5.41, 5.74) is -0.200. The maximum absolute atomic E-state index is 12.4. The highest BCUT2D eigenvalue weighted by Gasteiger charge is 2.25. The molecule has 2 unspecified atom stereocenters. The van der Waals surface area contributed by atoms with Gasteiger partial charge in [-0.25, -0.2) is 0 Å². The average molecular weight is 380 g/mol. The molecule has 2 heterocycles. The number of nitro groups is 1. The number of hydrogen-bond acceptors (Lipinski definition) is 7. The van der Waals surface area contributed by atoms with Crippen LogP contribution in [0.5, 0.6) is 11.5 Å². The molecule has 9 heteroatoms. The number of nitrogens with zero attached hydrogens (tertiary/aromatic N) is 1. The van der Waals surface area contributed by atoms with E-state index >= 15 is 0 Å². The van der Waals surface area contributed by atoms with Crippen molar-refractivity contribution < 1.29 is 28.7 Å². The van der Waals surface area contributed by atoms with E-state index < -0.39 is 16.9 Å². The third-order valence-electron chi connectivity index (χ3n) is 4.50. The van der Waals surface area contributed by atoms with Gasteiger partial charge < -0.3 is 24.3 Å². The normalized spacial score (nSPS) is 20.4. The molecule has 1 saturated heterocycles. The van der Waals surface area contributed by atoms with Crippen molar-refractivity contribution in [1.82, 2.24) is 0 Å². The van der Waals surface area contributed by atoms with Crippen LogP contribution < -0.4 is 14.8 Å². The molecule has 0 spiro atoms. The molecule has 2 aliphatic rings. The maximum Gasteiger partial charge on any atom is 0.296 e. The Kier molecular flexibility index (Phi) is 6.46. The highest BCUT2D eigenvalue weighted by atomic mass is 16.6. The second-order valence-corrected chi connectivity index (χ2v) is 6.58. The molecule has 148 valence electrons. The molecule has 0 radical (unpaired) electrons. The standard InChI is InChI=1S/C18H24N2O7/c1-12(27-11-13-5-2-3-6-24-13)18(21)19-14-9-16-17(10-15(14)20(22)23)26-8-4-7-25-16/h9-10,12-13H,2-8,11H2,1H3,(H,19,21). The van der Waals surface area contributed by atoms with E-state index in [1.807, 2.05) is 0 Å². The summed E-state index contributed by atoms with van der Waals surface area (Å²) < 4.78 is 22.2. The van der Waals surface area contributed by atoms with Crippen LogP contribution in [0.3, 0.4) is 0 Å². The minimum absolute atomic E-state index is 0.0126. The summed E-state index contributed by atoms with van der Waals surface area (Å²) in [6.07, 6.45) is 2.92. The largest absolute Gasteiger partial charge is 0.489 e. The minimum atomic E-state index is -0.772. The monoisotopic (exact) mass is 380 g/mol. The number of rotatable bonds is 6. The smallest absolute Gasteiger partial charge is 0.296 e. The lowest BCUT2D eigenvalue weighted by Gasteiger charge is -2.24. The zero-order chi connectivity index (χ0) is 19.2. The van der Waals surface area contributed by atoms with Gasteiger partial charge in [-0.3, -0.25) is 14.9 Å². The quantitative estimate of drug-likeness (QED) is 0.597. The van der Waals surface area contributed by atoms with Gasteiger partial charge in [0.25, 0.3) is 11.6 Å². The summed E-state index contributed by atoms with van der Waals surface area (Å²) in [5.74, 6) is 0.205. The molecule has 0 saturated carbocycles. The van der Waals surface area contributed by atoms with E-state index in [4.69, 9.17) is 18.9 Å². The van der Waals surface area contributed by atoms with Crippen LogP contribution in [-0.2, 0) is 14.3 Å². The van der Waals surface area contributed by atoms with Crippen molar-refractivity contribution in [2.75, 3.05) is 31.7 Å².